The number of amides is 1. The molecule has 0 aromatic heterocycles. The van der Waals surface area contributed by atoms with Gasteiger partial charge in [-0.25, -0.2) is 4.79 Å². The van der Waals surface area contributed by atoms with Crippen molar-refractivity contribution in [2.45, 2.75) is 0 Å². The Morgan fingerprint density at radius 3 is 2.33 bits per heavy atom. The van der Waals surface area contributed by atoms with E-state index in [0.29, 0.717) is 8.58 Å². The van der Waals surface area contributed by atoms with Gasteiger partial charge < -0.3 is 10.0 Å². The molecule has 1 aliphatic heterocycles. The Hall–Kier alpha value is -0.300. The van der Waals surface area contributed by atoms with E-state index in [4.69, 9.17) is 5.11 Å². The van der Waals surface area contributed by atoms with Gasteiger partial charge in [0.15, 0.2) is 0 Å². The Bertz CT molecular complexity index is 112. The quantitative estimate of drug-likeness (QED) is 0.505. The van der Waals surface area contributed by atoms with E-state index in [1.165, 1.54) is 4.90 Å². The van der Waals surface area contributed by atoms with Crippen molar-refractivity contribution < 1.29 is 9.90 Å². The van der Waals surface area contributed by atoms with Crippen LogP contribution in [0.5, 0.6) is 0 Å². The van der Waals surface area contributed by atoms with Crippen LogP contribution in [0.1, 0.15) is 0 Å². The standard InChI is InChI=1S/C5H10NO2P/c7-5(8)6-1-3-9-4-2-6/h9H,1-4H2,(H,7,8)/p+1. The Morgan fingerprint density at radius 1 is 1.44 bits per heavy atom. The molecule has 0 aromatic rings. The van der Waals surface area contributed by atoms with Gasteiger partial charge in [0.2, 0.25) is 0 Å². The third-order valence-electron chi connectivity index (χ3n) is 1.48. The van der Waals surface area contributed by atoms with Crippen LogP contribution in [0.4, 0.5) is 4.79 Å². The first-order chi connectivity index (χ1) is 4.30. The maximum absolute atomic E-state index is 10.3. The minimum atomic E-state index is -0.755. The van der Waals surface area contributed by atoms with E-state index in [1.54, 1.807) is 0 Å². The largest absolute Gasteiger partial charge is 0.465 e. The lowest BCUT2D eigenvalue weighted by Gasteiger charge is -2.19. The lowest BCUT2D eigenvalue weighted by molar-refractivity contribution is 0.150. The predicted molar refractivity (Wildman–Crippen MR) is 39.0 cm³/mol. The number of nitrogens with zero attached hydrogens (tertiary/aromatic N) is 1. The fourth-order valence-electron chi connectivity index (χ4n) is 0.942. The van der Waals surface area contributed by atoms with E-state index >= 15 is 0 Å². The van der Waals surface area contributed by atoms with E-state index in [2.05, 4.69) is 0 Å². The summed E-state index contributed by atoms with van der Waals surface area (Å²) in [5.74, 6) is 0. The highest BCUT2D eigenvalue weighted by Crippen LogP contribution is 2.15. The number of rotatable bonds is 0. The molecule has 4 heteroatoms. The van der Waals surface area contributed by atoms with Gasteiger partial charge in [-0.05, 0) is 8.58 Å². The molecule has 0 bridgehead atoms. The molecule has 1 aliphatic rings. The van der Waals surface area contributed by atoms with Crippen molar-refractivity contribution >= 4 is 14.7 Å². The van der Waals surface area contributed by atoms with Crippen molar-refractivity contribution in [1.82, 2.24) is 4.90 Å². The van der Waals surface area contributed by atoms with E-state index in [-0.39, 0.29) is 0 Å². The van der Waals surface area contributed by atoms with Crippen LogP contribution in [-0.2, 0) is 0 Å². The fraction of sp³-hybridized carbons (Fsp3) is 0.800. The molecule has 1 amide bonds. The summed E-state index contributed by atoms with van der Waals surface area (Å²) >= 11 is 0. The van der Waals surface area contributed by atoms with Crippen LogP contribution in [0, 0.1) is 0 Å². The zero-order valence-corrected chi connectivity index (χ0v) is 6.36. The maximum Gasteiger partial charge on any atom is 0.407 e. The van der Waals surface area contributed by atoms with Crippen molar-refractivity contribution in [3.63, 3.8) is 0 Å². The third-order valence-corrected chi connectivity index (χ3v) is 2.81. The summed E-state index contributed by atoms with van der Waals surface area (Å²) in [7, 11) is 0.558. The lowest BCUT2D eigenvalue weighted by Crippen LogP contribution is -2.36. The van der Waals surface area contributed by atoms with Crippen LogP contribution >= 0.6 is 8.58 Å². The highest BCUT2D eigenvalue weighted by atomic mass is 31.1. The maximum atomic E-state index is 10.3. The molecule has 1 rings (SSSR count). The van der Waals surface area contributed by atoms with Gasteiger partial charge in [0.1, 0.15) is 0 Å². The molecule has 3 nitrogen and oxygen atoms in total. The molecule has 9 heavy (non-hydrogen) atoms. The first-order valence-electron chi connectivity index (χ1n) is 3.10. The molecule has 1 saturated heterocycles. The molecule has 0 aromatic carbocycles. The highest BCUT2D eigenvalue weighted by Gasteiger charge is 2.17. The predicted octanol–water partition coefficient (Wildman–Crippen LogP) is 0.391. The zero-order chi connectivity index (χ0) is 6.69. The van der Waals surface area contributed by atoms with Crippen LogP contribution in [0.2, 0.25) is 0 Å². The van der Waals surface area contributed by atoms with Gasteiger partial charge in [-0.3, -0.25) is 0 Å². The van der Waals surface area contributed by atoms with Gasteiger partial charge in [-0.15, -0.1) is 0 Å². The Morgan fingerprint density at radius 2 is 2.00 bits per heavy atom. The van der Waals surface area contributed by atoms with Crippen LogP contribution < -0.4 is 0 Å². The summed E-state index contributed by atoms with van der Waals surface area (Å²) in [5.41, 5.74) is 0. The van der Waals surface area contributed by atoms with Crippen LogP contribution in [-0.4, -0.2) is 41.5 Å². The summed E-state index contributed by atoms with van der Waals surface area (Å²) in [6, 6.07) is 0. The van der Waals surface area contributed by atoms with Crippen molar-refractivity contribution in [2.75, 3.05) is 25.4 Å². The molecule has 1 heterocycles. The Labute approximate surface area is 55.8 Å². The average molecular weight is 148 g/mol. The number of carboxylic acid groups (broad SMARTS) is 1. The van der Waals surface area contributed by atoms with E-state index in [0.717, 1.165) is 25.4 Å². The van der Waals surface area contributed by atoms with E-state index in [1.807, 2.05) is 0 Å². The highest BCUT2D eigenvalue weighted by molar-refractivity contribution is 7.38. The van der Waals surface area contributed by atoms with Gasteiger partial charge in [0, 0.05) is 0 Å². The summed E-state index contributed by atoms with van der Waals surface area (Å²) in [6.45, 7) is 1.54. The molecule has 52 valence electrons. The Kier molecular flexibility index (Phi) is 2.29. The van der Waals surface area contributed by atoms with Crippen LogP contribution in [0.15, 0.2) is 0 Å². The summed E-state index contributed by atoms with van der Waals surface area (Å²) < 4.78 is 0. The van der Waals surface area contributed by atoms with Crippen molar-refractivity contribution in [3.05, 3.63) is 0 Å². The van der Waals surface area contributed by atoms with Crippen molar-refractivity contribution in [1.29, 1.82) is 0 Å². The zero-order valence-electron chi connectivity index (χ0n) is 5.21. The van der Waals surface area contributed by atoms with Gasteiger partial charge in [-0.2, -0.15) is 0 Å². The summed E-state index contributed by atoms with van der Waals surface area (Å²) in [4.78, 5) is 11.8. The van der Waals surface area contributed by atoms with Gasteiger partial charge in [0.25, 0.3) is 0 Å². The number of hydrogen-bond acceptors (Lipinski definition) is 1. The van der Waals surface area contributed by atoms with Crippen molar-refractivity contribution in [2.24, 2.45) is 0 Å². The molecule has 1 N–H and O–H groups in total. The third kappa shape index (κ3) is 1.83. The molecule has 1 fully saturated rings. The molecular weight excluding hydrogens is 137 g/mol. The fourth-order valence-corrected chi connectivity index (χ4v) is 2.22. The minimum absolute atomic E-state index is 0.558. The monoisotopic (exact) mass is 148 g/mol. The molecular formula is C5H11NO2P+. The first kappa shape index (κ1) is 6.81. The number of carbonyl (C=O) groups is 1. The average Bonchev–Trinajstić information content (AvgIpc) is 1.90. The summed E-state index contributed by atoms with van der Waals surface area (Å²) in [6.07, 6.45) is 1.48. The van der Waals surface area contributed by atoms with Crippen LogP contribution in [0.3, 0.4) is 0 Å². The summed E-state index contributed by atoms with van der Waals surface area (Å²) in [5, 5.41) is 8.47. The smallest absolute Gasteiger partial charge is 0.407 e. The number of hydrogen-bond donors (Lipinski definition) is 1. The van der Waals surface area contributed by atoms with Crippen LogP contribution in [0.25, 0.3) is 0 Å². The molecule has 0 unspecified atom stereocenters. The second-order valence-electron chi connectivity index (χ2n) is 2.14. The Balaban J connectivity index is 2.31. The van der Waals surface area contributed by atoms with Crippen molar-refractivity contribution in [3.8, 4) is 0 Å². The SMILES string of the molecule is O=C(O)N1CC[PH2+]CC1. The van der Waals surface area contributed by atoms with E-state index < -0.39 is 6.09 Å². The molecule has 0 saturated carbocycles. The second-order valence-corrected chi connectivity index (χ2v) is 3.87. The molecule has 0 spiro atoms. The van der Waals surface area contributed by atoms with Gasteiger partial charge in [-0.1, -0.05) is 0 Å². The molecule has 0 aliphatic carbocycles. The van der Waals surface area contributed by atoms with Gasteiger partial charge in [0.05, 0.1) is 25.4 Å². The molecule has 0 atom stereocenters. The second kappa shape index (κ2) is 3.02. The van der Waals surface area contributed by atoms with E-state index in [9.17, 15) is 4.79 Å². The van der Waals surface area contributed by atoms with Gasteiger partial charge >= 0.3 is 6.09 Å². The minimum Gasteiger partial charge on any atom is -0.465 e. The molecule has 0 radical (unpaired) electrons. The first-order valence-corrected chi connectivity index (χ1v) is 4.73. The normalized spacial score (nSPS) is 19.8. The lowest BCUT2D eigenvalue weighted by atomic mass is 10.5. The topological polar surface area (TPSA) is 40.5 Å².